The summed E-state index contributed by atoms with van der Waals surface area (Å²) in [4.78, 5) is 17.5. The van der Waals surface area contributed by atoms with Crippen LogP contribution in [0.25, 0.3) is 33.3 Å². The molecule has 5 aromatic rings. The number of aromatic nitrogens is 1. The van der Waals surface area contributed by atoms with E-state index >= 15 is 0 Å². The third kappa shape index (κ3) is 4.25. The van der Waals surface area contributed by atoms with E-state index in [1.54, 1.807) is 6.07 Å². The van der Waals surface area contributed by atoms with Crippen molar-refractivity contribution < 1.29 is 19.1 Å². The highest BCUT2D eigenvalue weighted by Gasteiger charge is 2.27. The Kier molecular flexibility index (Phi) is 5.91. The molecule has 6 rings (SSSR count). The summed E-state index contributed by atoms with van der Waals surface area (Å²) in [7, 11) is 0. The predicted molar refractivity (Wildman–Crippen MR) is 145 cm³/mol. The molecule has 0 radical (unpaired) electrons. The minimum atomic E-state index is -1.01. The van der Waals surface area contributed by atoms with Gasteiger partial charge in [-0.2, -0.15) is 0 Å². The molecule has 2 atom stereocenters. The van der Waals surface area contributed by atoms with Crippen LogP contribution in [-0.2, 0) is 0 Å². The summed E-state index contributed by atoms with van der Waals surface area (Å²) in [5, 5.41) is 11.8. The first-order valence-electron chi connectivity index (χ1n) is 12.9. The summed E-state index contributed by atoms with van der Waals surface area (Å²) in [6.45, 7) is 3.93. The lowest BCUT2D eigenvalue weighted by atomic mass is 9.82. The van der Waals surface area contributed by atoms with Crippen molar-refractivity contribution in [3.63, 3.8) is 0 Å². The minimum absolute atomic E-state index is 0.0174. The topological polar surface area (TPSA) is 72.6 Å². The van der Waals surface area contributed by atoms with E-state index in [1.165, 1.54) is 5.56 Å². The number of ether oxygens (including phenoxy) is 1. The van der Waals surface area contributed by atoms with Crippen molar-refractivity contribution in [1.82, 2.24) is 4.98 Å². The number of nitrogens with zero attached hydrogens (tertiary/aromatic N) is 1. The van der Waals surface area contributed by atoms with Gasteiger partial charge in [0, 0.05) is 10.9 Å². The van der Waals surface area contributed by atoms with Crippen molar-refractivity contribution in [1.29, 1.82) is 0 Å². The number of carbonyl (C=O) groups is 1. The number of pyridine rings is 1. The Balaban J connectivity index is 1.42. The Morgan fingerprint density at radius 3 is 2.57 bits per heavy atom. The summed E-state index contributed by atoms with van der Waals surface area (Å²) in [5.74, 6) is 0.603. The largest absolute Gasteiger partial charge is 0.490 e. The molecular weight excluding hydrogens is 462 g/mol. The first kappa shape index (κ1) is 23.3. The van der Waals surface area contributed by atoms with Gasteiger partial charge >= 0.3 is 5.97 Å². The number of carboxylic acids is 1. The Labute approximate surface area is 215 Å². The molecule has 186 valence electrons. The molecule has 0 spiro atoms. The highest BCUT2D eigenvalue weighted by Crippen LogP contribution is 2.40. The molecule has 5 nitrogen and oxygen atoms in total. The zero-order valence-electron chi connectivity index (χ0n) is 21.0. The van der Waals surface area contributed by atoms with Crippen LogP contribution in [0.3, 0.4) is 0 Å². The quantitative estimate of drug-likeness (QED) is 0.269. The molecule has 1 N–H and O–H groups in total. The van der Waals surface area contributed by atoms with E-state index in [0.717, 1.165) is 47.8 Å². The number of hydrogen-bond donors (Lipinski definition) is 1. The lowest BCUT2D eigenvalue weighted by Crippen LogP contribution is -2.24. The van der Waals surface area contributed by atoms with Crippen molar-refractivity contribution in [2.75, 3.05) is 0 Å². The maximum Gasteiger partial charge on any atom is 0.336 e. The first-order valence-corrected chi connectivity index (χ1v) is 12.9. The Hall–Kier alpha value is -4.12. The Morgan fingerprint density at radius 1 is 1.00 bits per heavy atom. The fourth-order valence-corrected chi connectivity index (χ4v) is 5.70. The molecule has 2 aromatic heterocycles. The molecular formula is C32H29NO4. The normalized spacial score (nSPS) is 17.8. The van der Waals surface area contributed by atoms with Gasteiger partial charge in [-0.25, -0.2) is 9.78 Å². The number of benzene rings is 3. The van der Waals surface area contributed by atoms with Crippen LogP contribution >= 0.6 is 0 Å². The Bertz CT molecular complexity index is 1620. The average molecular weight is 492 g/mol. The van der Waals surface area contributed by atoms with Gasteiger partial charge in [0.15, 0.2) is 5.76 Å². The minimum Gasteiger partial charge on any atom is -0.490 e. The third-order valence-electron chi connectivity index (χ3n) is 7.62. The van der Waals surface area contributed by atoms with Crippen molar-refractivity contribution in [3.05, 3.63) is 95.1 Å². The van der Waals surface area contributed by atoms with E-state index in [9.17, 15) is 9.90 Å². The Morgan fingerprint density at radius 2 is 1.78 bits per heavy atom. The molecule has 37 heavy (non-hydrogen) atoms. The third-order valence-corrected chi connectivity index (χ3v) is 7.62. The van der Waals surface area contributed by atoms with Gasteiger partial charge in [0.1, 0.15) is 17.0 Å². The second-order valence-electron chi connectivity index (χ2n) is 10.0. The van der Waals surface area contributed by atoms with Gasteiger partial charge in [-0.05, 0) is 74.8 Å². The van der Waals surface area contributed by atoms with Gasteiger partial charge in [0.25, 0.3) is 0 Å². The van der Waals surface area contributed by atoms with Gasteiger partial charge in [-0.1, -0.05) is 54.6 Å². The number of hydrogen-bond acceptors (Lipinski definition) is 4. The molecule has 1 aliphatic carbocycles. The number of aromatic carboxylic acids is 1. The number of para-hydroxylation sites is 1. The summed E-state index contributed by atoms with van der Waals surface area (Å²) in [6, 6.07) is 23.8. The number of carboxylic acid groups (broad SMARTS) is 1. The van der Waals surface area contributed by atoms with Gasteiger partial charge in [0.2, 0.25) is 0 Å². The highest BCUT2D eigenvalue weighted by atomic mass is 16.5. The van der Waals surface area contributed by atoms with Gasteiger partial charge in [-0.3, -0.25) is 0 Å². The number of furan rings is 1. The van der Waals surface area contributed by atoms with Crippen LogP contribution in [0.4, 0.5) is 0 Å². The first-order chi connectivity index (χ1) is 18.0. The van der Waals surface area contributed by atoms with Crippen LogP contribution in [0.15, 0.2) is 77.2 Å². The molecule has 0 bridgehead atoms. The fraction of sp³-hybridized carbons (Fsp3) is 0.250. The number of rotatable bonds is 5. The summed E-state index contributed by atoms with van der Waals surface area (Å²) in [5.41, 5.74) is 5.25. The molecule has 0 amide bonds. The molecule has 1 saturated carbocycles. The van der Waals surface area contributed by atoms with E-state index in [1.807, 2.05) is 56.3 Å². The van der Waals surface area contributed by atoms with Gasteiger partial charge in [-0.15, -0.1) is 0 Å². The second-order valence-corrected chi connectivity index (χ2v) is 10.0. The smallest absolute Gasteiger partial charge is 0.336 e. The van der Waals surface area contributed by atoms with Crippen LogP contribution in [0.5, 0.6) is 5.75 Å². The maximum atomic E-state index is 12.5. The second kappa shape index (κ2) is 9.40. The van der Waals surface area contributed by atoms with Crippen molar-refractivity contribution in [2.45, 2.75) is 51.6 Å². The van der Waals surface area contributed by atoms with Crippen LogP contribution in [0, 0.1) is 13.8 Å². The van der Waals surface area contributed by atoms with E-state index in [2.05, 4.69) is 24.3 Å². The van der Waals surface area contributed by atoms with E-state index < -0.39 is 5.97 Å². The predicted octanol–water partition coefficient (Wildman–Crippen LogP) is 8.07. The van der Waals surface area contributed by atoms with E-state index in [-0.39, 0.29) is 11.7 Å². The van der Waals surface area contributed by atoms with Gasteiger partial charge in [0.05, 0.1) is 22.6 Å². The average Bonchev–Trinajstić information content (AvgIpc) is 3.27. The molecule has 1 fully saturated rings. The molecule has 1 aliphatic rings. The molecule has 0 unspecified atom stereocenters. The molecule has 3 aromatic carbocycles. The SMILES string of the molecule is Cc1c(-c2cc(C(=O)O)c3c(O[C@H]4CCC[C@@H](c5ccccc5)C4)ccc(C)c3n2)oc2ccccc12. The van der Waals surface area contributed by atoms with E-state index in [0.29, 0.717) is 34.0 Å². The molecule has 0 aliphatic heterocycles. The summed E-state index contributed by atoms with van der Waals surface area (Å²) in [6.07, 6.45) is 4.09. The maximum absolute atomic E-state index is 12.5. The standard InChI is InChI=1S/C32H29NO4/c1-19-15-16-28(36-23-12-8-11-22(17-23)21-9-4-3-5-10-21)29-25(32(34)35)18-26(33-30(19)29)31-20(2)24-13-6-7-14-27(24)37-31/h3-7,9-10,13-16,18,22-23H,8,11-12,17H2,1-2H3,(H,34,35)/t22-,23+/m1/s1. The lowest BCUT2D eigenvalue weighted by Gasteiger charge is -2.30. The van der Waals surface area contributed by atoms with Crippen molar-refractivity contribution >= 4 is 27.8 Å². The van der Waals surface area contributed by atoms with Crippen LogP contribution in [-0.4, -0.2) is 22.2 Å². The molecule has 0 saturated heterocycles. The monoisotopic (exact) mass is 491 g/mol. The fourth-order valence-electron chi connectivity index (χ4n) is 5.70. The highest BCUT2D eigenvalue weighted by molar-refractivity contribution is 6.07. The van der Waals surface area contributed by atoms with E-state index in [4.69, 9.17) is 14.1 Å². The molecule has 2 heterocycles. The molecule has 5 heteroatoms. The van der Waals surface area contributed by atoms with Crippen LogP contribution in [0.1, 0.15) is 58.6 Å². The van der Waals surface area contributed by atoms with Crippen molar-refractivity contribution in [2.24, 2.45) is 0 Å². The number of aryl methyl sites for hydroxylation is 2. The van der Waals surface area contributed by atoms with Crippen LogP contribution in [0.2, 0.25) is 0 Å². The summed E-state index contributed by atoms with van der Waals surface area (Å²) < 4.78 is 12.7. The summed E-state index contributed by atoms with van der Waals surface area (Å²) >= 11 is 0. The zero-order chi connectivity index (χ0) is 25.5. The lowest BCUT2D eigenvalue weighted by molar-refractivity contribution is 0.0698. The number of fused-ring (bicyclic) bond motifs is 2. The van der Waals surface area contributed by atoms with Gasteiger partial charge < -0.3 is 14.3 Å². The van der Waals surface area contributed by atoms with Crippen molar-refractivity contribution in [3.8, 4) is 17.2 Å². The zero-order valence-corrected chi connectivity index (χ0v) is 21.0. The van der Waals surface area contributed by atoms with Crippen LogP contribution < -0.4 is 4.74 Å².